The van der Waals surface area contributed by atoms with Gasteiger partial charge in [0, 0.05) is 48.5 Å². The second-order valence-electron chi connectivity index (χ2n) is 10.6. The Kier molecular flexibility index (Phi) is 12.8. The summed E-state index contributed by atoms with van der Waals surface area (Å²) in [5.41, 5.74) is 0. The lowest BCUT2D eigenvalue weighted by Crippen LogP contribution is -2.72. The maximum absolute atomic E-state index is 12.4. The van der Waals surface area contributed by atoms with E-state index in [1.165, 1.54) is 0 Å². The van der Waals surface area contributed by atoms with Gasteiger partial charge in [0.2, 0.25) is 0 Å². The van der Waals surface area contributed by atoms with E-state index >= 15 is 0 Å². The first-order valence-corrected chi connectivity index (χ1v) is 14.3. The molecular weight excluding hydrogens is 624 g/mol. The van der Waals surface area contributed by atoms with Crippen LogP contribution in [0.2, 0.25) is 0 Å². The molecule has 0 bridgehead atoms. The molecule has 3 saturated heterocycles. The van der Waals surface area contributed by atoms with Gasteiger partial charge in [0.25, 0.3) is 0 Å². The van der Waals surface area contributed by atoms with E-state index < -0.39 is 129 Å². The standard InChI is InChI=1S/C28H38O18/c1-11(29)36-8-18-20(40-13(3)31)24(42-15(5)33)22-26(45-18)23(39-10-38-22)27-28(44-17(7)35)25(43-16(6)34)21(41-14(4)32)19(46-27)9-37-12(2)30/h18-28H,8-10H2,1-7H3/t18-,19-,20+,21-,22-,23+,24+,25+,26-,27-,28+/m1/s1. The van der Waals surface area contributed by atoms with Crippen LogP contribution in [-0.4, -0.2) is 129 Å². The maximum atomic E-state index is 12.4. The van der Waals surface area contributed by atoms with Crippen molar-refractivity contribution >= 4 is 41.8 Å². The maximum Gasteiger partial charge on any atom is 0.303 e. The van der Waals surface area contributed by atoms with Crippen LogP contribution in [0.25, 0.3) is 0 Å². The average Bonchev–Trinajstić information content (AvgIpc) is 2.93. The van der Waals surface area contributed by atoms with Crippen molar-refractivity contribution in [3.8, 4) is 0 Å². The minimum Gasteiger partial charge on any atom is -0.463 e. The number of esters is 7. The second kappa shape index (κ2) is 16.1. The molecule has 46 heavy (non-hydrogen) atoms. The zero-order valence-electron chi connectivity index (χ0n) is 26.3. The molecule has 18 nitrogen and oxygen atoms in total. The first-order valence-electron chi connectivity index (χ1n) is 14.3. The molecule has 3 aliphatic heterocycles. The molecule has 18 heteroatoms. The smallest absolute Gasteiger partial charge is 0.303 e. The molecule has 3 fully saturated rings. The Balaban J connectivity index is 2.12. The molecule has 0 unspecified atom stereocenters. The molecule has 0 aliphatic carbocycles. The monoisotopic (exact) mass is 662 g/mol. The fourth-order valence-corrected chi connectivity index (χ4v) is 5.49. The number of hydrogen-bond acceptors (Lipinski definition) is 18. The van der Waals surface area contributed by atoms with Crippen molar-refractivity contribution < 1.29 is 85.7 Å². The van der Waals surface area contributed by atoms with E-state index in [0.717, 1.165) is 48.5 Å². The van der Waals surface area contributed by atoms with E-state index in [2.05, 4.69) is 0 Å². The van der Waals surface area contributed by atoms with Gasteiger partial charge in [-0.25, -0.2) is 0 Å². The fourth-order valence-electron chi connectivity index (χ4n) is 5.49. The van der Waals surface area contributed by atoms with Crippen molar-refractivity contribution in [1.29, 1.82) is 0 Å². The molecule has 3 rings (SSSR count). The van der Waals surface area contributed by atoms with E-state index in [9.17, 15) is 33.6 Å². The summed E-state index contributed by atoms with van der Waals surface area (Å²) in [6, 6.07) is 0. The van der Waals surface area contributed by atoms with Crippen molar-refractivity contribution in [3.05, 3.63) is 0 Å². The van der Waals surface area contributed by atoms with Gasteiger partial charge in [-0.05, 0) is 0 Å². The zero-order chi connectivity index (χ0) is 34.3. The molecule has 0 spiro atoms. The predicted molar refractivity (Wildman–Crippen MR) is 143 cm³/mol. The van der Waals surface area contributed by atoms with Crippen LogP contribution in [0.3, 0.4) is 0 Å². The highest BCUT2D eigenvalue weighted by Gasteiger charge is 2.61. The Hall–Kier alpha value is -3.87. The molecule has 0 saturated carbocycles. The molecule has 11 atom stereocenters. The Morgan fingerprint density at radius 3 is 1.22 bits per heavy atom. The topological polar surface area (TPSA) is 221 Å². The summed E-state index contributed by atoms with van der Waals surface area (Å²) < 4.78 is 61.9. The van der Waals surface area contributed by atoms with Gasteiger partial charge in [0.15, 0.2) is 30.5 Å². The van der Waals surface area contributed by atoms with Crippen LogP contribution < -0.4 is 0 Å². The quantitative estimate of drug-likeness (QED) is 0.203. The lowest BCUT2D eigenvalue weighted by molar-refractivity contribution is -0.351. The van der Waals surface area contributed by atoms with Gasteiger partial charge in [-0.2, -0.15) is 0 Å². The van der Waals surface area contributed by atoms with Gasteiger partial charge in [0.05, 0.1) is 0 Å². The van der Waals surface area contributed by atoms with Crippen LogP contribution in [0.4, 0.5) is 0 Å². The number of carbonyl (C=O) groups is 7. The summed E-state index contributed by atoms with van der Waals surface area (Å²) in [4.78, 5) is 84.4. The Labute approximate surface area is 263 Å². The largest absolute Gasteiger partial charge is 0.463 e. The van der Waals surface area contributed by atoms with Gasteiger partial charge in [-0.3, -0.25) is 33.6 Å². The van der Waals surface area contributed by atoms with Crippen molar-refractivity contribution in [2.24, 2.45) is 0 Å². The Morgan fingerprint density at radius 1 is 0.435 bits per heavy atom. The minimum absolute atomic E-state index is 0.459. The third kappa shape index (κ3) is 9.57. The Morgan fingerprint density at radius 2 is 0.783 bits per heavy atom. The highest BCUT2D eigenvalue weighted by atomic mass is 16.7. The van der Waals surface area contributed by atoms with Crippen molar-refractivity contribution in [3.63, 3.8) is 0 Å². The van der Waals surface area contributed by atoms with Crippen LogP contribution in [0.5, 0.6) is 0 Å². The fraction of sp³-hybridized carbons (Fsp3) is 0.750. The summed E-state index contributed by atoms with van der Waals surface area (Å²) >= 11 is 0. The SMILES string of the molecule is CC(=O)OC[C@H]1O[C@H]2[C@@H]([C@H]3O[C@H](COC(C)=O)[C@@H](OC(C)=O)[C@H](OC(C)=O)[C@@H]3OC(C)=O)OCO[C@@H]2[C@@H](OC(C)=O)[C@H]1OC(C)=O. The summed E-state index contributed by atoms with van der Waals surface area (Å²) in [6.07, 6.45) is -14.8. The number of hydrogen-bond donors (Lipinski definition) is 0. The molecule has 0 N–H and O–H groups in total. The van der Waals surface area contributed by atoms with E-state index in [1.807, 2.05) is 0 Å². The summed E-state index contributed by atoms with van der Waals surface area (Å²) in [5, 5.41) is 0. The number of rotatable bonds is 10. The van der Waals surface area contributed by atoms with E-state index in [-0.39, 0.29) is 0 Å². The molecule has 3 heterocycles. The summed E-state index contributed by atoms with van der Waals surface area (Å²) in [5.74, 6) is -5.43. The molecule has 0 radical (unpaired) electrons. The third-order valence-corrected chi connectivity index (χ3v) is 6.92. The van der Waals surface area contributed by atoms with Gasteiger partial charge < -0.3 is 52.1 Å². The average molecular weight is 663 g/mol. The van der Waals surface area contributed by atoms with Crippen LogP contribution in [0.15, 0.2) is 0 Å². The molecule has 0 aromatic carbocycles. The second-order valence-corrected chi connectivity index (χ2v) is 10.6. The molecule has 0 amide bonds. The van der Waals surface area contributed by atoms with Crippen LogP contribution in [0.1, 0.15) is 48.5 Å². The summed E-state index contributed by atoms with van der Waals surface area (Å²) in [6.45, 7) is 6.32. The lowest BCUT2D eigenvalue weighted by Gasteiger charge is -2.53. The van der Waals surface area contributed by atoms with E-state index in [0.29, 0.717) is 0 Å². The van der Waals surface area contributed by atoms with Crippen LogP contribution in [0, 0.1) is 0 Å². The highest BCUT2D eigenvalue weighted by Crippen LogP contribution is 2.39. The zero-order valence-corrected chi connectivity index (χ0v) is 26.3. The third-order valence-electron chi connectivity index (χ3n) is 6.92. The van der Waals surface area contributed by atoms with Gasteiger partial charge >= 0.3 is 41.8 Å². The first-order chi connectivity index (χ1) is 21.6. The lowest BCUT2D eigenvalue weighted by atomic mass is 9.84. The summed E-state index contributed by atoms with van der Waals surface area (Å²) in [7, 11) is 0. The number of carbonyl (C=O) groups excluding carboxylic acids is 7. The van der Waals surface area contributed by atoms with Crippen molar-refractivity contribution in [2.45, 2.75) is 116 Å². The predicted octanol–water partition coefficient (Wildman–Crippen LogP) is -0.953. The molecule has 0 aromatic heterocycles. The first kappa shape index (κ1) is 36.6. The molecule has 258 valence electrons. The van der Waals surface area contributed by atoms with Crippen molar-refractivity contribution in [2.75, 3.05) is 20.0 Å². The van der Waals surface area contributed by atoms with Crippen molar-refractivity contribution in [1.82, 2.24) is 0 Å². The van der Waals surface area contributed by atoms with Crippen LogP contribution >= 0.6 is 0 Å². The Bertz CT molecular complexity index is 1170. The van der Waals surface area contributed by atoms with Gasteiger partial charge in [-0.1, -0.05) is 0 Å². The van der Waals surface area contributed by atoms with Gasteiger partial charge in [0.1, 0.15) is 56.6 Å². The molecule has 0 aromatic rings. The minimum atomic E-state index is -1.52. The van der Waals surface area contributed by atoms with E-state index in [4.69, 9.17) is 52.1 Å². The normalized spacial score (nSPS) is 33.7. The van der Waals surface area contributed by atoms with Gasteiger partial charge in [-0.15, -0.1) is 0 Å². The number of ether oxygens (including phenoxy) is 11. The molecular formula is C28H38O18. The van der Waals surface area contributed by atoms with E-state index in [1.54, 1.807) is 0 Å². The molecule has 3 aliphatic rings. The van der Waals surface area contributed by atoms with Crippen LogP contribution in [-0.2, 0) is 85.7 Å². The highest BCUT2D eigenvalue weighted by molar-refractivity contribution is 5.69. The number of fused-ring (bicyclic) bond motifs is 1.